The summed E-state index contributed by atoms with van der Waals surface area (Å²) >= 11 is 0. The molecule has 5 nitrogen and oxygen atoms in total. The van der Waals surface area contributed by atoms with Crippen molar-refractivity contribution in [1.29, 1.82) is 0 Å². The predicted molar refractivity (Wildman–Crippen MR) is 112 cm³/mol. The molecule has 28 heavy (non-hydrogen) atoms. The van der Waals surface area contributed by atoms with Crippen molar-refractivity contribution in [3.8, 4) is 0 Å². The maximum Gasteiger partial charge on any atom is 0.335 e. The molecule has 2 unspecified atom stereocenters. The smallest absolute Gasteiger partial charge is 0.335 e. The van der Waals surface area contributed by atoms with Crippen LogP contribution in [-0.2, 0) is 0 Å². The van der Waals surface area contributed by atoms with Crippen LogP contribution in [0, 0.1) is 5.92 Å². The fourth-order valence-corrected chi connectivity index (χ4v) is 2.53. The van der Waals surface area contributed by atoms with E-state index in [1.165, 1.54) is 12.8 Å². The summed E-state index contributed by atoms with van der Waals surface area (Å²) in [5.41, 5.74) is 0.662. The zero-order valence-corrected chi connectivity index (χ0v) is 16.9. The second-order valence-corrected chi connectivity index (χ2v) is 6.27. The van der Waals surface area contributed by atoms with Gasteiger partial charge in [-0.25, -0.2) is 9.59 Å². The van der Waals surface area contributed by atoms with Crippen LogP contribution in [0.3, 0.4) is 0 Å². The Morgan fingerprint density at radius 3 is 1.36 bits per heavy atom. The summed E-state index contributed by atoms with van der Waals surface area (Å²) < 4.78 is 0. The molecule has 0 radical (unpaired) electrons. The largest absolute Gasteiger partial charge is 0.478 e. The Kier molecular flexibility index (Phi) is 13.9. The number of benzene rings is 2. The number of carbonyl (C=O) groups is 2. The highest BCUT2D eigenvalue weighted by Gasteiger charge is 2.13. The zero-order valence-electron chi connectivity index (χ0n) is 16.9. The van der Waals surface area contributed by atoms with Crippen LogP contribution in [0.5, 0.6) is 0 Å². The highest BCUT2D eigenvalue weighted by molar-refractivity contribution is 5.87. The highest BCUT2D eigenvalue weighted by Crippen LogP contribution is 2.17. The van der Waals surface area contributed by atoms with Crippen molar-refractivity contribution in [2.75, 3.05) is 0 Å². The number of aliphatic hydroxyl groups excluding tert-OH is 1. The third-order valence-corrected chi connectivity index (χ3v) is 4.19. The topological polar surface area (TPSA) is 94.8 Å². The van der Waals surface area contributed by atoms with E-state index in [4.69, 9.17) is 10.2 Å². The molecule has 2 rings (SSSR count). The molecule has 0 aliphatic rings. The molecule has 3 N–H and O–H groups in total. The monoisotopic (exact) mass is 388 g/mol. The maximum atomic E-state index is 10.2. The second kappa shape index (κ2) is 15.4. The Balaban J connectivity index is 0.000000391. The van der Waals surface area contributed by atoms with Crippen molar-refractivity contribution in [3.63, 3.8) is 0 Å². The van der Waals surface area contributed by atoms with Gasteiger partial charge in [-0.1, -0.05) is 70.0 Å². The SMILES string of the molecule is CCCC(CC)C(O)CC.O=C(O)c1ccccc1.O=C(O)c1ccccc1. The molecule has 0 amide bonds. The molecule has 0 bridgehead atoms. The number of aliphatic hydroxyl groups is 1. The maximum absolute atomic E-state index is 10.2. The van der Waals surface area contributed by atoms with Gasteiger partial charge in [0.25, 0.3) is 0 Å². The first-order chi connectivity index (χ1) is 13.4. The van der Waals surface area contributed by atoms with Crippen molar-refractivity contribution in [1.82, 2.24) is 0 Å². The third kappa shape index (κ3) is 11.1. The van der Waals surface area contributed by atoms with Gasteiger partial charge in [0, 0.05) is 0 Å². The lowest BCUT2D eigenvalue weighted by molar-refractivity contribution is 0.0686. The Hall–Kier alpha value is -2.66. The van der Waals surface area contributed by atoms with E-state index in [1.807, 2.05) is 6.92 Å². The van der Waals surface area contributed by atoms with Crippen LogP contribution in [0.4, 0.5) is 0 Å². The van der Waals surface area contributed by atoms with Gasteiger partial charge in [-0.15, -0.1) is 0 Å². The molecule has 0 aliphatic carbocycles. The average Bonchev–Trinajstić information content (AvgIpc) is 2.73. The predicted octanol–water partition coefficient (Wildman–Crippen LogP) is 5.35. The molecular weight excluding hydrogens is 356 g/mol. The summed E-state index contributed by atoms with van der Waals surface area (Å²) in [5, 5.41) is 26.2. The lowest BCUT2D eigenvalue weighted by Gasteiger charge is -2.18. The van der Waals surface area contributed by atoms with Crippen LogP contribution in [-0.4, -0.2) is 33.4 Å². The normalized spacial score (nSPS) is 11.7. The molecule has 2 atom stereocenters. The summed E-state index contributed by atoms with van der Waals surface area (Å²) in [6.45, 7) is 6.37. The van der Waals surface area contributed by atoms with Crippen LogP contribution in [0.2, 0.25) is 0 Å². The van der Waals surface area contributed by atoms with E-state index in [2.05, 4.69) is 13.8 Å². The van der Waals surface area contributed by atoms with Gasteiger partial charge in [-0.05, 0) is 43.0 Å². The highest BCUT2D eigenvalue weighted by atomic mass is 16.4. The first-order valence-corrected chi connectivity index (χ1v) is 9.61. The van der Waals surface area contributed by atoms with E-state index in [0.717, 1.165) is 12.8 Å². The van der Waals surface area contributed by atoms with Gasteiger partial charge in [-0.2, -0.15) is 0 Å². The van der Waals surface area contributed by atoms with Gasteiger partial charge >= 0.3 is 11.9 Å². The molecule has 0 saturated carbocycles. The lowest BCUT2D eigenvalue weighted by atomic mass is 9.93. The van der Waals surface area contributed by atoms with E-state index in [0.29, 0.717) is 17.0 Å². The van der Waals surface area contributed by atoms with Crippen LogP contribution in [0.25, 0.3) is 0 Å². The second-order valence-electron chi connectivity index (χ2n) is 6.27. The third-order valence-electron chi connectivity index (χ3n) is 4.19. The Labute approximate surface area is 167 Å². The van der Waals surface area contributed by atoms with E-state index < -0.39 is 11.9 Å². The van der Waals surface area contributed by atoms with Gasteiger partial charge < -0.3 is 15.3 Å². The molecule has 0 saturated heterocycles. The minimum absolute atomic E-state index is 0.0649. The molecule has 2 aromatic rings. The van der Waals surface area contributed by atoms with Gasteiger partial charge in [0.05, 0.1) is 17.2 Å². The van der Waals surface area contributed by atoms with E-state index >= 15 is 0 Å². The standard InChI is InChI=1S/C9H20O.2C7H6O2/c1-4-7-8(5-2)9(10)6-3;2*8-7(9)6-4-2-1-3-5-6/h8-10H,4-7H2,1-3H3;2*1-5H,(H,8,9). The molecule has 0 spiro atoms. The van der Waals surface area contributed by atoms with Crippen LogP contribution in [0.15, 0.2) is 60.7 Å². The number of aromatic carboxylic acids is 2. The van der Waals surface area contributed by atoms with E-state index in [-0.39, 0.29) is 6.10 Å². The number of rotatable bonds is 7. The van der Waals surface area contributed by atoms with E-state index in [1.54, 1.807) is 60.7 Å². The lowest BCUT2D eigenvalue weighted by Crippen LogP contribution is -2.18. The number of carboxylic acid groups (broad SMARTS) is 2. The van der Waals surface area contributed by atoms with Crippen LogP contribution >= 0.6 is 0 Å². The van der Waals surface area contributed by atoms with Crippen molar-refractivity contribution in [2.24, 2.45) is 5.92 Å². The van der Waals surface area contributed by atoms with E-state index in [9.17, 15) is 14.7 Å². The number of hydrogen-bond acceptors (Lipinski definition) is 3. The Morgan fingerprint density at radius 2 is 1.14 bits per heavy atom. The molecule has 0 aromatic heterocycles. The molecule has 154 valence electrons. The molecule has 0 heterocycles. The van der Waals surface area contributed by atoms with Gasteiger partial charge in [0.1, 0.15) is 0 Å². The van der Waals surface area contributed by atoms with Crippen LogP contribution in [0.1, 0.15) is 67.2 Å². The molecular formula is C23H32O5. The summed E-state index contributed by atoms with van der Waals surface area (Å²) in [6, 6.07) is 16.6. The average molecular weight is 389 g/mol. The summed E-state index contributed by atoms with van der Waals surface area (Å²) in [4.78, 5) is 20.4. The van der Waals surface area contributed by atoms with Crippen molar-refractivity contribution < 1.29 is 24.9 Å². The van der Waals surface area contributed by atoms with Gasteiger partial charge in [-0.3, -0.25) is 0 Å². The van der Waals surface area contributed by atoms with Crippen molar-refractivity contribution in [3.05, 3.63) is 71.8 Å². The van der Waals surface area contributed by atoms with Crippen LogP contribution < -0.4 is 0 Å². The number of carboxylic acids is 2. The summed E-state index contributed by atoms with van der Waals surface area (Å²) in [6.07, 6.45) is 4.31. The fourth-order valence-electron chi connectivity index (χ4n) is 2.53. The quantitative estimate of drug-likeness (QED) is 0.594. The minimum atomic E-state index is -0.879. The Morgan fingerprint density at radius 1 is 0.750 bits per heavy atom. The molecule has 5 heteroatoms. The van der Waals surface area contributed by atoms with Gasteiger partial charge in [0.2, 0.25) is 0 Å². The van der Waals surface area contributed by atoms with Gasteiger partial charge in [0.15, 0.2) is 0 Å². The molecule has 0 aliphatic heterocycles. The number of hydrogen-bond donors (Lipinski definition) is 3. The summed E-state index contributed by atoms with van der Waals surface area (Å²) in [5.74, 6) is -1.22. The summed E-state index contributed by atoms with van der Waals surface area (Å²) in [7, 11) is 0. The Bertz CT molecular complexity index is 606. The first kappa shape index (κ1) is 25.3. The molecule has 0 fully saturated rings. The fraction of sp³-hybridized carbons (Fsp3) is 0.391. The first-order valence-electron chi connectivity index (χ1n) is 9.61. The van der Waals surface area contributed by atoms with Crippen molar-refractivity contribution >= 4 is 11.9 Å². The van der Waals surface area contributed by atoms with Crippen molar-refractivity contribution in [2.45, 2.75) is 52.6 Å². The zero-order chi connectivity index (χ0) is 21.4. The minimum Gasteiger partial charge on any atom is -0.478 e. The molecule has 2 aromatic carbocycles.